The third-order valence-corrected chi connectivity index (χ3v) is 4.31. The van der Waals surface area contributed by atoms with Crippen molar-refractivity contribution in [2.75, 3.05) is 0 Å². The van der Waals surface area contributed by atoms with E-state index in [9.17, 15) is 40.6 Å². The van der Waals surface area contributed by atoms with Crippen molar-refractivity contribution in [3.63, 3.8) is 0 Å². The molecule has 0 aliphatic heterocycles. The molecule has 28 heavy (non-hydrogen) atoms. The number of carbonyl (C=O) groups is 1. The molecule has 0 saturated heterocycles. The molecule has 0 fully saturated rings. The summed E-state index contributed by atoms with van der Waals surface area (Å²) in [5, 5.41) is 9.42. The number of carbonyl (C=O) groups excluding carboxylic acids is 1. The predicted octanol–water partition coefficient (Wildman–Crippen LogP) is 5.74. The molecule has 0 atom stereocenters. The highest BCUT2D eigenvalue weighted by molar-refractivity contribution is 5.79. The third-order valence-electron chi connectivity index (χ3n) is 4.31. The molecule has 0 aliphatic rings. The Hall–Kier alpha value is -2.42. The Balaban J connectivity index is 2.64. The minimum atomic E-state index is -6.01. The second-order valence-corrected chi connectivity index (χ2v) is 6.52. The molecule has 0 heterocycles. The van der Waals surface area contributed by atoms with Crippen LogP contribution in [0.1, 0.15) is 41.3 Å². The van der Waals surface area contributed by atoms with Crippen LogP contribution in [0, 0.1) is 5.82 Å². The van der Waals surface area contributed by atoms with Crippen molar-refractivity contribution in [2.45, 2.75) is 37.7 Å². The lowest BCUT2D eigenvalue weighted by molar-refractivity contribution is -0.376. The quantitative estimate of drug-likeness (QED) is 0.517. The molecular formula is C19H15F7O2. The van der Waals surface area contributed by atoms with E-state index in [-0.39, 0.29) is 22.6 Å². The number of alkyl halides is 6. The minimum absolute atomic E-state index is 0.00842. The summed E-state index contributed by atoms with van der Waals surface area (Å²) in [5.74, 6) is -1.13. The van der Waals surface area contributed by atoms with Crippen LogP contribution in [0.25, 0.3) is 11.1 Å². The first-order valence-electron chi connectivity index (χ1n) is 7.99. The molecule has 2 nitrogen and oxygen atoms in total. The van der Waals surface area contributed by atoms with Crippen molar-refractivity contribution in [3.8, 4) is 11.1 Å². The number of rotatable bonds is 4. The van der Waals surface area contributed by atoms with Crippen LogP contribution in [-0.4, -0.2) is 23.7 Å². The molecule has 0 radical (unpaired) electrons. The van der Waals surface area contributed by atoms with E-state index < -0.39 is 29.3 Å². The molecule has 9 heteroatoms. The van der Waals surface area contributed by atoms with E-state index in [1.807, 2.05) is 0 Å². The van der Waals surface area contributed by atoms with E-state index in [0.29, 0.717) is 24.0 Å². The normalized spacial score (nSPS) is 13.1. The maximum atomic E-state index is 14.5. The Bertz CT molecular complexity index is 852. The number of hydrogen-bond acceptors (Lipinski definition) is 2. The zero-order valence-electron chi connectivity index (χ0n) is 14.6. The molecule has 0 unspecified atom stereocenters. The summed E-state index contributed by atoms with van der Waals surface area (Å²) in [6.45, 7) is 3.38. The molecule has 0 aliphatic carbocycles. The highest BCUT2D eigenvalue weighted by atomic mass is 19.4. The second kappa shape index (κ2) is 7.20. The van der Waals surface area contributed by atoms with E-state index >= 15 is 0 Å². The summed E-state index contributed by atoms with van der Waals surface area (Å²) in [7, 11) is 0. The van der Waals surface area contributed by atoms with Crippen LogP contribution in [0.15, 0.2) is 36.4 Å². The van der Waals surface area contributed by atoms with Crippen molar-refractivity contribution in [1.29, 1.82) is 0 Å². The fourth-order valence-corrected chi connectivity index (χ4v) is 2.84. The van der Waals surface area contributed by atoms with Gasteiger partial charge >= 0.3 is 12.4 Å². The molecule has 2 aromatic carbocycles. The lowest BCUT2D eigenvalue weighted by Crippen LogP contribution is -2.53. The number of aliphatic hydroxyl groups is 1. The van der Waals surface area contributed by atoms with E-state index in [0.717, 1.165) is 18.2 Å². The lowest BCUT2D eigenvalue weighted by Gasteiger charge is -2.32. The van der Waals surface area contributed by atoms with Crippen LogP contribution < -0.4 is 0 Å². The van der Waals surface area contributed by atoms with Gasteiger partial charge in [0.1, 0.15) is 12.1 Å². The lowest BCUT2D eigenvalue weighted by atomic mass is 9.87. The van der Waals surface area contributed by atoms with Gasteiger partial charge in [0, 0.05) is 16.7 Å². The van der Waals surface area contributed by atoms with Crippen LogP contribution in [-0.2, 0) is 5.60 Å². The zero-order valence-corrected chi connectivity index (χ0v) is 14.6. The van der Waals surface area contributed by atoms with Gasteiger partial charge in [-0.25, -0.2) is 4.39 Å². The van der Waals surface area contributed by atoms with Crippen LogP contribution in [0.3, 0.4) is 0 Å². The van der Waals surface area contributed by atoms with Gasteiger partial charge in [0.05, 0.1) is 0 Å². The van der Waals surface area contributed by atoms with Crippen LogP contribution in [0.2, 0.25) is 0 Å². The van der Waals surface area contributed by atoms with Gasteiger partial charge in [0.15, 0.2) is 0 Å². The van der Waals surface area contributed by atoms with Gasteiger partial charge in [-0.1, -0.05) is 38.1 Å². The average molecular weight is 408 g/mol. The largest absolute Gasteiger partial charge is 0.430 e. The van der Waals surface area contributed by atoms with Gasteiger partial charge in [-0.2, -0.15) is 26.3 Å². The minimum Gasteiger partial charge on any atom is -0.369 e. The van der Waals surface area contributed by atoms with Gasteiger partial charge in [-0.15, -0.1) is 0 Å². The van der Waals surface area contributed by atoms with Crippen LogP contribution >= 0.6 is 0 Å². The molecule has 0 bridgehead atoms. The highest BCUT2D eigenvalue weighted by Gasteiger charge is 2.71. The fraction of sp³-hybridized carbons (Fsp3) is 0.316. The van der Waals surface area contributed by atoms with Crippen LogP contribution in [0.5, 0.6) is 0 Å². The number of hydrogen-bond donors (Lipinski definition) is 1. The van der Waals surface area contributed by atoms with E-state index in [4.69, 9.17) is 0 Å². The van der Waals surface area contributed by atoms with Crippen molar-refractivity contribution >= 4 is 6.29 Å². The first kappa shape index (κ1) is 21.9. The van der Waals surface area contributed by atoms with Crippen molar-refractivity contribution in [1.82, 2.24) is 0 Å². The van der Waals surface area contributed by atoms with E-state index in [1.165, 1.54) is 6.07 Å². The van der Waals surface area contributed by atoms with Crippen LogP contribution in [0.4, 0.5) is 30.7 Å². The van der Waals surface area contributed by atoms with Gasteiger partial charge in [-0.05, 0) is 29.2 Å². The Labute approximate surface area is 155 Å². The summed E-state index contributed by atoms with van der Waals surface area (Å²) in [5.41, 5.74) is -6.13. The first-order valence-corrected chi connectivity index (χ1v) is 7.99. The SMILES string of the molecule is CC(C)c1cc(C=O)cc(F)c1-c1ccc(C(O)(C(F)(F)F)C(F)(F)F)cc1. The second-order valence-electron chi connectivity index (χ2n) is 6.52. The number of benzene rings is 2. The average Bonchev–Trinajstić information content (AvgIpc) is 2.58. The number of halogens is 7. The topological polar surface area (TPSA) is 37.3 Å². The van der Waals surface area contributed by atoms with Gasteiger partial charge in [0.2, 0.25) is 0 Å². The van der Waals surface area contributed by atoms with Gasteiger partial charge in [0.25, 0.3) is 5.60 Å². The van der Waals surface area contributed by atoms with Crippen molar-refractivity contribution in [2.24, 2.45) is 0 Å². The van der Waals surface area contributed by atoms with Crippen molar-refractivity contribution < 1.29 is 40.6 Å². The standard InChI is InChI=1S/C19H15F7O2/c1-10(2)14-7-11(9-27)8-15(20)16(14)12-3-5-13(6-4-12)17(28,18(21,22)23)19(24,25)26/h3-10,28H,1-2H3. The predicted molar refractivity (Wildman–Crippen MR) is 87.3 cm³/mol. The van der Waals surface area contributed by atoms with E-state index in [1.54, 1.807) is 13.8 Å². The van der Waals surface area contributed by atoms with Gasteiger partial charge in [-0.3, -0.25) is 4.79 Å². The molecule has 0 spiro atoms. The summed E-state index contributed by atoms with van der Waals surface area (Å²) in [6, 6.07) is 4.95. The zero-order chi connectivity index (χ0) is 21.5. The smallest absolute Gasteiger partial charge is 0.369 e. The third kappa shape index (κ3) is 3.63. The first-order chi connectivity index (χ1) is 12.7. The maximum absolute atomic E-state index is 14.5. The molecule has 0 amide bonds. The summed E-state index contributed by atoms with van der Waals surface area (Å²) >= 11 is 0. The molecule has 152 valence electrons. The summed E-state index contributed by atoms with van der Waals surface area (Å²) < 4.78 is 92.3. The molecule has 0 aromatic heterocycles. The monoisotopic (exact) mass is 408 g/mol. The molecule has 0 saturated carbocycles. The number of aldehydes is 1. The highest BCUT2D eigenvalue weighted by Crippen LogP contribution is 2.50. The van der Waals surface area contributed by atoms with Gasteiger partial charge < -0.3 is 5.11 Å². The Morgan fingerprint density at radius 3 is 1.82 bits per heavy atom. The molecule has 2 rings (SSSR count). The summed E-state index contributed by atoms with van der Waals surface area (Å²) in [6.07, 6.45) is -11.6. The fourth-order valence-electron chi connectivity index (χ4n) is 2.84. The molecule has 1 N–H and O–H groups in total. The Morgan fingerprint density at radius 2 is 1.43 bits per heavy atom. The molecular weight excluding hydrogens is 393 g/mol. The Morgan fingerprint density at radius 1 is 0.929 bits per heavy atom. The van der Waals surface area contributed by atoms with E-state index in [2.05, 4.69) is 0 Å². The molecule has 2 aromatic rings. The van der Waals surface area contributed by atoms with Crippen molar-refractivity contribution in [3.05, 3.63) is 58.9 Å². The summed E-state index contributed by atoms with van der Waals surface area (Å²) in [4.78, 5) is 10.9. The maximum Gasteiger partial charge on any atom is 0.430 e. The Kier molecular flexibility index (Phi) is 5.62.